The fourth-order valence-corrected chi connectivity index (χ4v) is 6.98. The van der Waals surface area contributed by atoms with Gasteiger partial charge in [0.1, 0.15) is 22.6 Å². The third-order valence-electron chi connectivity index (χ3n) is 6.66. The molecule has 1 saturated heterocycles. The van der Waals surface area contributed by atoms with Crippen LogP contribution in [0, 0.1) is 17.7 Å². The number of carbonyl (C=O) groups is 1. The summed E-state index contributed by atoms with van der Waals surface area (Å²) in [4.78, 5) is 12.2. The number of carbonyl (C=O) groups excluding carboxylic acids is 1. The number of sulfonamides is 1. The van der Waals surface area contributed by atoms with Crippen molar-refractivity contribution in [2.75, 3.05) is 44.2 Å². The minimum absolute atomic E-state index is 0.0474. The molecule has 2 heterocycles. The molecule has 1 fully saturated rings. The number of nitrogens with zero attached hydrogens (tertiary/aromatic N) is 1. The van der Waals surface area contributed by atoms with Crippen molar-refractivity contribution >= 4 is 48.7 Å². The molecule has 1 aromatic heterocycles. The number of thiophene rings is 1. The highest BCUT2D eigenvalue weighted by Crippen LogP contribution is 2.39. The van der Waals surface area contributed by atoms with Gasteiger partial charge >= 0.3 is 6.18 Å². The minimum Gasteiger partial charge on any atom is -0.461 e. The van der Waals surface area contributed by atoms with Gasteiger partial charge in [0.25, 0.3) is 10.0 Å². The lowest BCUT2D eigenvalue weighted by Gasteiger charge is -2.33. The number of halogens is 6. The Labute approximate surface area is 253 Å². The van der Waals surface area contributed by atoms with Gasteiger partial charge in [-0.3, -0.25) is 4.79 Å². The molecule has 2 aromatic carbocycles. The van der Waals surface area contributed by atoms with Gasteiger partial charge in [-0.25, -0.2) is 26.3 Å². The van der Waals surface area contributed by atoms with Gasteiger partial charge in [-0.2, -0.15) is 13.2 Å². The predicted molar refractivity (Wildman–Crippen MR) is 155 cm³/mol. The van der Waals surface area contributed by atoms with E-state index in [-0.39, 0.29) is 29.2 Å². The quantitative estimate of drug-likeness (QED) is 0.214. The van der Waals surface area contributed by atoms with Gasteiger partial charge < -0.3 is 20.3 Å². The highest BCUT2D eigenvalue weighted by Gasteiger charge is 2.32. The van der Waals surface area contributed by atoms with Crippen molar-refractivity contribution in [3.8, 4) is 17.6 Å². The number of anilines is 2. The van der Waals surface area contributed by atoms with Gasteiger partial charge in [0.15, 0.2) is 0 Å². The van der Waals surface area contributed by atoms with Crippen molar-refractivity contribution in [3.05, 3.63) is 46.6 Å². The standard InChI is InChI=1S/C28H28F6N4O4S2/c1-16(39)37-44(40,41)26-12-24(42-15-29)23(11-19(26)30)35-9-4-7-25-18(13-28(32,33)34)17-5-3-6-22(27(17)43-25)36-21-8-10-38(2)14-20(21)31/h3,5-6,11-12,20-21,35-36H,8-10,13-15H2,1-2H3,(H,37,39). The van der Waals surface area contributed by atoms with Gasteiger partial charge in [0, 0.05) is 32.1 Å². The lowest BCUT2D eigenvalue weighted by Crippen LogP contribution is -2.46. The van der Waals surface area contributed by atoms with Crippen LogP contribution in [0.25, 0.3) is 10.1 Å². The van der Waals surface area contributed by atoms with Crippen LogP contribution in [0.3, 0.4) is 0 Å². The smallest absolute Gasteiger partial charge is 0.393 e. The highest BCUT2D eigenvalue weighted by atomic mass is 32.2. The van der Waals surface area contributed by atoms with E-state index in [0.29, 0.717) is 40.9 Å². The molecule has 2 unspecified atom stereocenters. The number of amides is 1. The summed E-state index contributed by atoms with van der Waals surface area (Å²) in [6, 6.07) is 5.69. The number of rotatable bonds is 9. The van der Waals surface area contributed by atoms with E-state index in [9.17, 15) is 39.6 Å². The zero-order valence-corrected chi connectivity index (χ0v) is 25.1. The maximum Gasteiger partial charge on any atom is 0.393 e. The summed E-state index contributed by atoms with van der Waals surface area (Å²) in [5, 5.41) is 6.13. The Kier molecular flexibility index (Phi) is 10.2. The van der Waals surface area contributed by atoms with Crippen LogP contribution >= 0.6 is 11.3 Å². The van der Waals surface area contributed by atoms with Crippen LogP contribution in [0.2, 0.25) is 0 Å². The molecule has 1 aliphatic heterocycles. The van der Waals surface area contributed by atoms with Gasteiger partial charge in [0.2, 0.25) is 12.8 Å². The third-order valence-corrected chi connectivity index (χ3v) is 9.31. The number of benzene rings is 2. The number of hydrogen-bond donors (Lipinski definition) is 3. The van der Waals surface area contributed by atoms with Crippen LogP contribution in [0.15, 0.2) is 35.2 Å². The first kappa shape index (κ1) is 33.2. The molecule has 44 heavy (non-hydrogen) atoms. The summed E-state index contributed by atoms with van der Waals surface area (Å²) < 4.78 is 114. The minimum atomic E-state index is -4.61. The Hall–Kier alpha value is -3.68. The molecule has 4 rings (SSSR count). The van der Waals surface area contributed by atoms with Crippen LogP contribution in [0.4, 0.5) is 37.7 Å². The van der Waals surface area contributed by atoms with E-state index in [1.54, 1.807) is 22.9 Å². The molecule has 0 radical (unpaired) electrons. The molecular formula is C28H28F6N4O4S2. The van der Waals surface area contributed by atoms with E-state index in [1.807, 2.05) is 11.9 Å². The Balaban J connectivity index is 1.62. The predicted octanol–water partition coefficient (Wildman–Crippen LogP) is 5.19. The Morgan fingerprint density at radius 3 is 2.64 bits per heavy atom. The lowest BCUT2D eigenvalue weighted by atomic mass is 10.0. The van der Waals surface area contributed by atoms with E-state index in [4.69, 9.17) is 4.74 Å². The van der Waals surface area contributed by atoms with Crippen LogP contribution in [-0.2, 0) is 21.2 Å². The second-order valence-corrected chi connectivity index (χ2v) is 12.7. The number of ether oxygens (including phenoxy) is 1. The van der Waals surface area contributed by atoms with Crippen LogP contribution in [-0.4, -0.2) is 71.2 Å². The van der Waals surface area contributed by atoms with Crippen molar-refractivity contribution in [2.24, 2.45) is 0 Å². The molecule has 16 heteroatoms. The number of likely N-dealkylation sites (tertiary alicyclic amines) is 1. The number of alkyl halides is 5. The number of hydrogen-bond acceptors (Lipinski definition) is 8. The second kappa shape index (κ2) is 13.5. The highest BCUT2D eigenvalue weighted by molar-refractivity contribution is 7.90. The van der Waals surface area contributed by atoms with E-state index < -0.39 is 64.1 Å². The van der Waals surface area contributed by atoms with E-state index in [2.05, 4.69) is 22.5 Å². The zero-order chi connectivity index (χ0) is 32.2. The summed E-state index contributed by atoms with van der Waals surface area (Å²) in [6.07, 6.45) is -6.45. The fourth-order valence-electron chi connectivity index (χ4n) is 4.75. The van der Waals surface area contributed by atoms with Crippen molar-refractivity contribution in [1.82, 2.24) is 9.62 Å². The molecule has 3 N–H and O–H groups in total. The van der Waals surface area contributed by atoms with E-state index in [1.165, 1.54) is 0 Å². The first-order valence-electron chi connectivity index (χ1n) is 13.2. The van der Waals surface area contributed by atoms with Crippen LogP contribution in [0.5, 0.6) is 5.75 Å². The van der Waals surface area contributed by atoms with Gasteiger partial charge in [0.05, 0.1) is 40.0 Å². The molecular weight excluding hydrogens is 634 g/mol. The molecule has 238 valence electrons. The molecule has 1 amide bonds. The summed E-state index contributed by atoms with van der Waals surface area (Å²) in [5.74, 6) is 2.71. The molecule has 0 bridgehead atoms. The van der Waals surface area contributed by atoms with Gasteiger partial charge in [-0.15, -0.1) is 11.3 Å². The van der Waals surface area contributed by atoms with Gasteiger partial charge in [-0.1, -0.05) is 24.0 Å². The molecule has 0 aliphatic carbocycles. The van der Waals surface area contributed by atoms with Crippen LogP contribution in [0.1, 0.15) is 23.8 Å². The van der Waals surface area contributed by atoms with Gasteiger partial charge in [-0.05, 0) is 30.5 Å². The molecule has 0 spiro atoms. The average Bonchev–Trinajstić information content (AvgIpc) is 3.25. The first-order valence-corrected chi connectivity index (χ1v) is 15.5. The molecule has 0 saturated carbocycles. The number of piperidine rings is 1. The monoisotopic (exact) mass is 662 g/mol. The van der Waals surface area contributed by atoms with Crippen molar-refractivity contribution < 1.29 is 44.3 Å². The summed E-state index contributed by atoms with van der Waals surface area (Å²) in [7, 11) is -2.80. The Bertz CT molecular complexity index is 1700. The summed E-state index contributed by atoms with van der Waals surface area (Å²) in [6.45, 7) is 0.134. The zero-order valence-electron chi connectivity index (χ0n) is 23.4. The molecule has 8 nitrogen and oxygen atoms in total. The lowest BCUT2D eigenvalue weighted by molar-refractivity contribution is -0.127. The number of nitrogens with one attached hydrogen (secondary N) is 3. The second-order valence-electron chi connectivity index (χ2n) is 10.1. The van der Waals surface area contributed by atoms with Crippen molar-refractivity contribution in [3.63, 3.8) is 0 Å². The molecule has 1 aliphatic rings. The molecule has 2 atom stereocenters. The molecule has 3 aromatic rings. The van der Waals surface area contributed by atoms with Crippen molar-refractivity contribution in [2.45, 2.75) is 43.1 Å². The van der Waals surface area contributed by atoms with E-state index >= 15 is 0 Å². The first-order chi connectivity index (χ1) is 20.7. The Morgan fingerprint density at radius 1 is 1.23 bits per heavy atom. The van der Waals surface area contributed by atoms with Crippen molar-refractivity contribution in [1.29, 1.82) is 0 Å². The summed E-state index contributed by atoms with van der Waals surface area (Å²) in [5.41, 5.74) is 0.263. The van der Waals surface area contributed by atoms with Crippen LogP contribution < -0.4 is 20.1 Å². The normalized spacial score (nSPS) is 17.5. The number of fused-ring (bicyclic) bond motifs is 1. The maximum absolute atomic E-state index is 14.7. The van der Waals surface area contributed by atoms with E-state index in [0.717, 1.165) is 18.3 Å². The topological polar surface area (TPSA) is 99.8 Å². The third kappa shape index (κ3) is 8.07. The average molecular weight is 663 g/mol. The SMILES string of the molecule is CC(=O)NS(=O)(=O)c1cc(OCF)c(NCC#Cc2sc3c(NC4CCN(C)CC4F)cccc3c2CC(F)(F)F)cc1F. The fraction of sp³-hybridized carbons (Fsp3) is 0.393. The summed E-state index contributed by atoms with van der Waals surface area (Å²) >= 11 is 1.02. The largest absolute Gasteiger partial charge is 0.461 e. The maximum atomic E-state index is 14.7. The Morgan fingerprint density at radius 2 is 1.98 bits per heavy atom.